The molecule has 0 radical (unpaired) electrons. The Labute approximate surface area is 188 Å². The van der Waals surface area contributed by atoms with Gasteiger partial charge >= 0.3 is 0 Å². The molecule has 0 saturated carbocycles. The van der Waals surface area contributed by atoms with E-state index in [1.54, 1.807) is 10.9 Å². The van der Waals surface area contributed by atoms with E-state index in [4.69, 9.17) is 4.98 Å². The van der Waals surface area contributed by atoms with Crippen molar-refractivity contribution in [2.75, 3.05) is 26.2 Å². The molecule has 2 saturated heterocycles. The van der Waals surface area contributed by atoms with E-state index in [9.17, 15) is 4.79 Å². The molecule has 0 bridgehead atoms. The highest BCUT2D eigenvalue weighted by atomic mass is 16.2. The maximum absolute atomic E-state index is 13.0. The average molecular weight is 434 g/mol. The molecular formula is C24H31N7O. The number of nitrogens with zero attached hydrogens (tertiary/aromatic N) is 6. The van der Waals surface area contributed by atoms with Crippen molar-refractivity contribution < 1.29 is 4.79 Å². The third-order valence-corrected chi connectivity index (χ3v) is 6.84. The first kappa shape index (κ1) is 20.9. The molecule has 2 fully saturated rings. The van der Waals surface area contributed by atoms with Gasteiger partial charge in [-0.25, -0.2) is 4.98 Å². The Hall–Kier alpha value is -3.00. The number of benzene rings is 1. The molecule has 2 aliphatic heterocycles. The Morgan fingerprint density at radius 2 is 2.00 bits per heavy atom. The summed E-state index contributed by atoms with van der Waals surface area (Å²) in [4.78, 5) is 22.3. The first-order chi connectivity index (χ1) is 15.5. The van der Waals surface area contributed by atoms with Crippen molar-refractivity contribution in [1.29, 1.82) is 0 Å². The molecule has 0 aliphatic carbocycles. The van der Waals surface area contributed by atoms with Gasteiger partial charge in [-0.15, -0.1) is 0 Å². The monoisotopic (exact) mass is 433 g/mol. The summed E-state index contributed by atoms with van der Waals surface area (Å²) >= 11 is 0. The molecule has 1 unspecified atom stereocenters. The van der Waals surface area contributed by atoms with E-state index in [2.05, 4.69) is 64.4 Å². The second-order valence-electron chi connectivity index (χ2n) is 9.55. The summed E-state index contributed by atoms with van der Waals surface area (Å²) < 4.78 is 1.80. The Kier molecular flexibility index (Phi) is 5.33. The van der Waals surface area contributed by atoms with Crippen LogP contribution in [-0.2, 0) is 13.1 Å². The lowest BCUT2D eigenvalue weighted by atomic mass is 9.71. The fraction of sp³-hybridized carbons (Fsp3) is 0.500. The minimum atomic E-state index is -0.00102. The van der Waals surface area contributed by atoms with E-state index in [0.717, 1.165) is 50.9 Å². The second kappa shape index (κ2) is 8.16. The van der Waals surface area contributed by atoms with Gasteiger partial charge in [0.05, 0.1) is 11.8 Å². The summed E-state index contributed by atoms with van der Waals surface area (Å²) in [7, 11) is 0. The Morgan fingerprint density at radius 1 is 1.22 bits per heavy atom. The number of nitrogens with one attached hydrogen (secondary N) is 1. The zero-order valence-corrected chi connectivity index (χ0v) is 19.0. The third kappa shape index (κ3) is 3.72. The largest absolute Gasteiger partial charge is 0.337 e. The van der Waals surface area contributed by atoms with E-state index < -0.39 is 0 Å². The standard InChI is InChI=1S/C24H31N7O/c1-4-31-12-19(10-25-31)23(32)30-15-24(16-30)14-29(11-18-8-6-5-7-9-18)13-20(24)22-26-21(17(2)3)27-28-22/h5-10,12,17,20H,4,11,13-16H2,1-3H3,(H,26,27,28). The van der Waals surface area contributed by atoms with Gasteiger partial charge in [-0.3, -0.25) is 19.5 Å². The highest BCUT2D eigenvalue weighted by Crippen LogP contribution is 2.49. The van der Waals surface area contributed by atoms with Crippen LogP contribution in [0.25, 0.3) is 0 Å². The topological polar surface area (TPSA) is 82.9 Å². The van der Waals surface area contributed by atoms with Crippen LogP contribution < -0.4 is 0 Å². The predicted molar refractivity (Wildman–Crippen MR) is 121 cm³/mol. The zero-order valence-electron chi connectivity index (χ0n) is 19.0. The fourth-order valence-electron chi connectivity index (χ4n) is 5.12. The highest BCUT2D eigenvalue weighted by Gasteiger charge is 2.56. The molecule has 8 nitrogen and oxygen atoms in total. The van der Waals surface area contributed by atoms with Gasteiger partial charge < -0.3 is 4.90 Å². The summed E-state index contributed by atoms with van der Waals surface area (Å²) in [6, 6.07) is 10.6. The third-order valence-electron chi connectivity index (χ3n) is 6.84. The number of aryl methyl sites for hydroxylation is 1. The molecule has 3 aromatic rings. The van der Waals surface area contributed by atoms with Crippen molar-refractivity contribution in [3.8, 4) is 0 Å². The number of rotatable bonds is 6. The molecule has 5 rings (SSSR count). The summed E-state index contributed by atoms with van der Waals surface area (Å²) in [6.07, 6.45) is 3.52. The van der Waals surface area contributed by atoms with Crippen molar-refractivity contribution >= 4 is 5.91 Å². The molecule has 168 valence electrons. The molecule has 1 spiro atoms. The Balaban J connectivity index is 1.36. The van der Waals surface area contributed by atoms with Crippen molar-refractivity contribution in [3.05, 3.63) is 65.5 Å². The summed E-state index contributed by atoms with van der Waals surface area (Å²) in [5, 5.41) is 11.9. The SMILES string of the molecule is CCn1cc(C(=O)N2CC3(CN(Cc4ccccc4)CC3c3nc(C(C)C)n[nH]3)C2)cn1. The molecule has 1 amide bonds. The molecular weight excluding hydrogens is 402 g/mol. The van der Waals surface area contributed by atoms with Crippen LogP contribution in [0.3, 0.4) is 0 Å². The molecule has 1 N–H and O–H groups in total. The van der Waals surface area contributed by atoms with Crippen LogP contribution in [0.2, 0.25) is 0 Å². The molecule has 1 aromatic carbocycles. The number of aromatic nitrogens is 5. The van der Waals surface area contributed by atoms with Gasteiger partial charge in [0.25, 0.3) is 5.91 Å². The van der Waals surface area contributed by atoms with Crippen LogP contribution in [0.5, 0.6) is 0 Å². The second-order valence-corrected chi connectivity index (χ2v) is 9.55. The number of carbonyl (C=O) groups excluding carboxylic acids is 1. The van der Waals surface area contributed by atoms with Crippen LogP contribution in [0.4, 0.5) is 0 Å². The Bertz CT molecular complexity index is 1080. The van der Waals surface area contributed by atoms with Gasteiger partial charge in [0.2, 0.25) is 0 Å². The van der Waals surface area contributed by atoms with Crippen molar-refractivity contribution in [2.45, 2.75) is 45.7 Å². The predicted octanol–water partition coefficient (Wildman–Crippen LogP) is 2.89. The van der Waals surface area contributed by atoms with Crippen LogP contribution >= 0.6 is 0 Å². The van der Waals surface area contributed by atoms with Crippen molar-refractivity contribution in [2.24, 2.45) is 5.41 Å². The minimum Gasteiger partial charge on any atom is -0.337 e. The molecule has 8 heteroatoms. The molecule has 2 aromatic heterocycles. The fourth-order valence-corrected chi connectivity index (χ4v) is 5.12. The van der Waals surface area contributed by atoms with Gasteiger partial charge in [-0.1, -0.05) is 44.2 Å². The maximum Gasteiger partial charge on any atom is 0.257 e. The quantitative estimate of drug-likeness (QED) is 0.646. The number of hydrogen-bond donors (Lipinski definition) is 1. The van der Waals surface area contributed by atoms with Crippen molar-refractivity contribution in [1.82, 2.24) is 34.8 Å². The average Bonchev–Trinajstić information content (AvgIpc) is 3.50. The molecule has 1 atom stereocenters. The molecule has 32 heavy (non-hydrogen) atoms. The summed E-state index contributed by atoms with van der Waals surface area (Å²) in [6.45, 7) is 11.2. The van der Waals surface area contributed by atoms with Crippen LogP contribution in [0.1, 0.15) is 60.2 Å². The first-order valence-electron chi connectivity index (χ1n) is 11.5. The van der Waals surface area contributed by atoms with Gasteiger partial charge in [0, 0.05) is 62.7 Å². The Morgan fingerprint density at radius 3 is 2.66 bits per heavy atom. The van der Waals surface area contributed by atoms with E-state index in [0.29, 0.717) is 5.56 Å². The number of likely N-dealkylation sites (tertiary alicyclic amines) is 2. The number of amides is 1. The van der Waals surface area contributed by atoms with E-state index in [-0.39, 0.29) is 23.2 Å². The van der Waals surface area contributed by atoms with Gasteiger partial charge in [-0.05, 0) is 12.5 Å². The van der Waals surface area contributed by atoms with Crippen LogP contribution in [0.15, 0.2) is 42.7 Å². The lowest BCUT2D eigenvalue weighted by Crippen LogP contribution is -2.61. The first-order valence-corrected chi connectivity index (χ1v) is 11.5. The number of aromatic amines is 1. The molecule has 4 heterocycles. The van der Waals surface area contributed by atoms with Crippen molar-refractivity contribution in [3.63, 3.8) is 0 Å². The van der Waals surface area contributed by atoms with Gasteiger partial charge in [0.1, 0.15) is 5.82 Å². The van der Waals surface area contributed by atoms with Gasteiger partial charge in [0.15, 0.2) is 5.82 Å². The number of hydrogen-bond acceptors (Lipinski definition) is 5. The number of carbonyl (C=O) groups is 1. The minimum absolute atomic E-state index is 0.00102. The normalized spacial score (nSPS) is 20.2. The van der Waals surface area contributed by atoms with E-state index >= 15 is 0 Å². The van der Waals surface area contributed by atoms with Crippen LogP contribution in [0, 0.1) is 5.41 Å². The van der Waals surface area contributed by atoms with E-state index in [1.165, 1.54) is 5.56 Å². The van der Waals surface area contributed by atoms with Gasteiger partial charge in [-0.2, -0.15) is 10.2 Å². The van der Waals surface area contributed by atoms with E-state index in [1.807, 2.05) is 18.0 Å². The summed E-state index contributed by atoms with van der Waals surface area (Å²) in [5.74, 6) is 2.39. The summed E-state index contributed by atoms with van der Waals surface area (Å²) in [5.41, 5.74) is 1.97. The lowest BCUT2D eigenvalue weighted by molar-refractivity contribution is 0.00179. The molecule has 2 aliphatic rings. The zero-order chi connectivity index (χ0) is 22.3. The van der Waals surface area contributed by atoms with Crippen LogP contribution in [-0.4, -0.2) is 66.8 Å². The maximum atomic E-state index is 13.0. The smallest absolute Gasteiger partial charge is 0.257 e. The number of H-pyrrole nitrogens is 1. The highest BCUT2D eigenvalue weighted by molar-refractivity contribution is 5.94. The lowest BCUT2D eigenvalue weighted by Gasteiger charge is -2.50.